The standard InChI is InChI=1S/C23H21N5O2S2/c24-32(29,30)21-11-9-20(10-12-21)26-23(31)28(22-13-14-25-27-22)16-17-5-4-8-19(15-17)18-6-2-1-3-7-18/h1-15H,16H2,(H,25,27)(H,26,31)(H2,24,29,30). The first-order valence-electron chi connectivity index (χ1n) is 9.75. The minimum absolute atomic E-state index is 0.0390. The maximum atomic E-state index is 11.5. The molecule has 0 spiro atoms. The van der Waals surface area contributed by atoms with Crippen molar-refractivity contribution in [1.82, 2.24) is 10.2 Å². The number of anilines is 2. The summed E-state index contributed by atoms with van der Waals surface area (Å²) in [5.41, 5.74) is 3.96. The van der Waals surface area contributed by atoms with Crippen LogP contribution in [0.25, 0.3) is 11.1 Å². The highest BCUT2D eigenvalue weighted by Crippen LogP contribution is 2.23. The first-order chi connectivity index (χ1) is 15.4. The molecule has 7 nitrogen and oxygen atoms in total. The first-order valence-corrected chi connectivity index (χ1v) is 11.7. The fourth-order valence-electron chi connectivity index (χ4n) is 3.25. The molecule has 0 saturated carbocycles. The highest BCUT2D eigenvalue weighted by molar-refractivity contribution is 7.89. The zero-order valence-electron chi connectivity index (χ0n) is 17.0. The largest absolute Gasteiger partial charge is 0.332 e. The Labute approximate surface area is 191 Å². The molecule has 4 aromatic rings. The summed E-state index contributed by atoms with van der Waals surface area (Å²) in [5.74, 6) is 0.730. The second-order valence-electron chi connectivity index (χ2n) is 7.09. The SMILES string of the molecule is NS(=O)(=O)c1ccc(NC(=S)N(Cc2cccc(-c3ccccc3)c2)c2ccn[nH]2)cc1. The predicted molar refractivity (Wildman–Crippen MR) is 131 cm³/mol. The molecule has 0 aliphatic carbocycles. The molecule has 4 N–H and O–H groups in total. The van der Waals surface area contributed by atoms with E-state index in [9.17, 15) is 8.42 Å². The average molecular weight is 464 g/mol. The molecule has 9 heteroatoms. The Balaban J connectivity index is 1.57. The molecule has 0 aliphatic heterocycles. The molecule has 0 radical (unpaired) electrons. The molecule has 0 unspecified atom stereocenters. The van der Waals surface area contributed by atoms with E-state index in [2.05, 4.69) is 39.8 Å². The van der Waals surface area contributed by atoms with Crippen molar-refractivity contribution in [1.29, 1.82) is 0 Å². The van der Waals surface area contributed by atoms with Crippen LogP contribution >= 0.6 is 12.2 Å². The molecule has 0 atom stereocenters. The molecule has 4 rings (SSSR count). The van der Waals surface area contributed by atoms with E-state index in [0.717, 1.165) is 22.5 Å². The van der Waals surface area contributed by atoms with Gasteiger partial charge in [0.15, 0.2) is 5.11 Å². The lowest BCUT2D eigenvalue weighted by Gasteiger charge is -2.24. The number of aromatic nitrogens is 2. The van der Waals surface area contributed by atoms with Crippen LogP contribution in [0.5, 0.6) is 0 Å². The van der Waals surface area contributed by atoms with Gasteiger partial charge in [0.1, 0.15) is 5.82 Å². The van der Waals surface area contributed by atoms with E-state index < -0.39 is 10.0 Å². The molecule has 0 bridgehead atoms. The Bertz CT molecular complexity index is 1310. The summed E-state index contributed by atoms with van der Waals surface area (Å²) in [7, 11) is -3.75. The third-order valence-corrected chi connectivity index (χ3v) is 6.08. The van der Waals surface area contributed by atoms with Gasteiger partial charge in [-0.25, -0.2) is 13.6 Å². The third-order valence-electron chi connectivity index (χ3n) is 4.83. The number of nitrogens with one attached hydrogen (secondary N) is 2. The number of thiocarbonyl (C=S) groups is 1. The van der Waals surface area contributed by atoms with Crippen LogP contribution in [-0.2, 0) is 16.6 Å². The second kappa shape index (κ2) is 9.31. The lowest BCUT2D eigenvalue weighted by molar-refractivity contribution is 0.598. The van der Waals surface area contributed by atoms with E-state index in [1.54, 1.807) is 18.3 Å². The van der Waals surface area contributed by atoms with E-state index in [1.165, 1.54) is 12.1 Å². The number of primary sulfonamides is 1. The average Bonchev–Trinajstić information content (AvgIpc) is 3.32. The summed E-state index contributed by atoms with van der Waals surface area (Å²) in [6.07, 6.45) is 1.66. The molecule has 162 valence electrons. The molecule has 0 fully saturated rings. The Hall–Kier alpha value is -3.53. The molecule has 1 heterocycles. The smallest absolute Gasteiger partial charge is 0.238 e. The fraction of sp³-hybridized carbons (Fsp3) is 0.0435. The lowest BCUT2D eigenvalue weighted by Crippen LogP contribution is -2.34. The van der Waals surface area contributed by atoms with Crippen molar-refractivity contribution in [3.05, 3.63) is 96.7 Å². The van der Waals surface area contributed by atoms with Crippen molar-refractivity contribution >= 4 is 38.9 Å². The van der Waals surface area contributed by atoms with E-state index in [0.29, 0.717) is 17.3 Å². The fourth-order valence-corrected chi connectivity index (χ4v) is 4.04. The Morgan fingerprint density at radius 1 is 0.969 bits per heavy atom. The van der Waals surface area contributed by atoms with Gasteiger partial charge in [0.2, 0.25) is 10.0 Å². The Kier molecular flexibility index (Phi) is 6.31. The van der Waals surface area contributed by atoms with Crippen molar-refractivity contribution in [2.75, 3.05) is 10.2 Å². The number of sulfonamides is 1. The molecule has 1 aromatic heterocycles. The molecular weight excluding hydrogens is 442 g/mol. The lowest BCUT2D eigenvalue weighted by atomic mass is 10.0. The van der Waals surface area contributed by atoms with Crippen LogP contribution in [0.1, 0.15) is 5.56 Å². The van der Waals surface area contributed by atoms with Gasteiger partial charge in [-0.2, -0.15) is 5.10 Å². The number of rotatable bonds is 6. The number of nitrogens with zero attached hydrogens (tertiary/aromatic N) is 2. The van der Waals surface area contributed by atoms with Gasteiger partial charge in [0, 0.05) is 11.8 Å². The number of aromatic amines is 1. The predicted octanol–water partition coefficient (Wildman–Crippen LogP) is 4.13. The highest BCUT2D eigenvalue weighted by atomic mass is 32.2. The van der Waals surface area contributed by atoms with Gasteiger partial charge < -0.3 is 5.32 Å². The first kappa shape index (κ1) is 21.7. The van der Waals surface area contributed by atoms with Crippen LogP contribution in [0.3, 0.4) is 0 Å². The normalized spacial score (nSPS) is 11.2. The van der Waals surface area contributed by atoms with Gasteiger partial charge in [0.25, 0.3) is 0 Å². The van der Waals surface area contributed by atoms with E-state index >= 15 is 0 Å². The minimum atomic E-state index is -3.75. The summed E-state index contributed by atoms with van der Waals surface area (Å²) in [6.45, 7) is 0.504. The molecule has 0 amide bonds. The van der Waals surface area contributed by atoms with E-state index in [-0.39, 0.29) is 4.90 Å². The molecular formula is C23H21N5O2S2. The monoisotopic (exact) mass is 463 g/mol. The van der Waals surface area contributed by atoms with Crippen LogP contribution in [0, 0.1) is 0 Å². The molecule has 0 aliphatic rings. The van der Waals surface area contributed by atoms with Crippen LogP contribution in [0.15, 0.2) is 96.0 Å². The Morgan fingerprint density at radius 2 is 1.69 bits per heavy atom. The topological polar surface area (TPSA) is 104 Å². The van der Waals surface area contributed by atoms with Gasteiger partial charge in [-0.15, -0.1) is 0 Å². The number of H-pyrrole nitrogens is 1. The molecule has 3 aromatic carbocycles. The third kappa shape index (κ3) is 5.20. The van der Waals surface area contributed by atoms with Gasteiger partial charge >= 0.3 is 0 Å². The van der Waals surface area contributed by atoms with E-state index in [4.69, 9.17) is 17.4 Å². The summed E-state index contributed by atoms with van der Waals surface area (Å²) in [6, 6.07) is 26.4. The summed E-state index contributed by atoms with van der Waals surface area (Å²) in [4.78, 5) is 1.93. The number of nitrogens with two attached hydrogens (primary N) is 1. The molecule has 0 saturated heterocycles. The van der Waals surface area contributed by atoms with Crippen molar-refractivity contribution < 1.29 is 8.42 Å². The zero-order valence-corrected chi connectivity index (χ0v) is 18.6. The van der Waals surface area contributed by atoms with Crippen LogP contribution in [0.2, 0.25) is 0 Å². The minimum Gasteiger partial charge on any atom is -0.332 e. The van der Waals surface area contributed by atoms with Crippen molar-refractivity contribution in [2.45, 2.75) is 11.4 Å². The summed E-state index contributed by atoms with van der Waals surface area (Å²) in [5, 5.41) is 15.7. The summed E-state index contributed by atoms with van der Waals surface area (Å²) >= 11 is 5.66. The van der Waals surface area contributed by atoms with Gasteiger partial charge in [-0.3, -0.25) is 10.00 Å². The number of benzene rings is 3. The number of hydrogen-bond donors (Lipinski definition) is 3. The maximum absolute atomic E-state index is 11.5. The van der Waals surface area contributed by atoms with E-state index in [1.807, 2.05) is 41.3 Å². The van der Waals surface area contributed by atoms with Crippen molar-refractivity contribution in [3.8, 4) is 11.1 Å². The maximum Gasteiger partial charge on any atom is 0.238 e. The van der Waals surface area contributed by atoms with Gasteiger partial charge in [-0.1, -0.05) is 48.5 Å². The highest BCUT2D eigenvalue weighted by Gasteiger charge is 2.16. The van der Waals surface area contributed by atoms with Gasteiger partial charge in [-0.05, 0) is 59.2 Å². The zero-order chi connectivity index (χ0) is 22.6. The van der Waals surface area contributed by atoms with Crippen molar-refractivity contribution in [2.24, 2.45) is 5.14 Å². The molecule has 32 heavy (non-hydrogen) atoms. The van der Waals surface area contributed by atoms with Crippen LogP contribution < -0.4 is 15.4 Å². The Morgan fingerprint density at radius 3 is 2.34 bits per heavy atom. The van der Waals surface area contributed by atoms with Crippen LogP contribution in [0.4, 0.5) is 11.5 Å². The van der Waals surface area contributed by atoms with Crippen LogP contribution in [-0.4, -0.2) is 23.7 Å². The second-order valence-corrected chi connectivity index (χ2v) is 9.04. The van der Waals surface area contributed by atoms with Gasteiger partial charge in [0.05, 0.1) is 17.6 Å². The quantitative estimate of drug-likeness (QED) is 0.372. The van der Waals surface area contributed by atoms with Crippen molar-refractivity contribution in [3.63, 3.8) is 0 Å². The summed E-state index contributed by atoms with van der Waals surface area (Å²) < 4.78 is 23.0. The number of hydrogen-bond acceptors (Lipinski definition) is 4.